The largest absolute Gasteiger partial charge is 0.482 e. The van der Waals surface area contributed by atoms with E-state index in [0.717, 1.165) is 0 Å². The van der Waals surface area contributed by atoms with Crippen molar-refractivity contribution >= 4 is 5.97 Å². The fourth-order valence-electron chi connectivity index (χ4n) is 1.04. The number of ether oxygens (including phenoxy) is 2. The second kappa shape index (κ2) is 6.08. The SMILES string of the molecule is C=C(C)C(=C)OCC(=O)Oc1c(F)cc(F)cc1F. The molecule has 1 aromatic carbocycles. The minimum atomic E-state index is -1.32. The third-order valence-electron chi connectivity index (χ3n) is 2.02. The molecule has 1 aromatic rings. The predicted molar refractivity (Wildman–Crippen MR) is 61.9 cm³/mol. The van der Waals surface area contributed by atoms with Crippen molar-refractivity contribution in [2.75, 3.05) is 6.61 Å². The van der Waals surface area contributed by atoms with Crippen molar-refractivity contribution in [2.24, 2.45) is 0 Å². The molecule has 3 nitrogen and oxygen atoms in total. The van der Waals surface area contributed by atoms with Gasteiger partial charge in [0.05, 0.1) is 0 Å². The van der Waals surface area contributed by atoms with Gasteiger partial charge in [-0.3, -0.25) is 0 Å². The second-order valence-electron chi connectivity index (χ2n) is 3.66. The molecule has 0 aliphatic heterocycles. The molecule has 0 aliphatic rings. The van der Waals surface area contributed by atoms with Crippen LogP contribution < -0.4 is 4.74 Å². The molecule has 0 N–H and O–H groups in total. The number of hydrogen-bond acceptors (Lipinski definition) is 3. The molecular weight excluding hydrogens is 261 g/mol. The molecular formula is C13H11F3O3. The van der Waals surface area contributed by atoms with Gasteiger partial charge in [-0.2, -0.15) is 0 Å². The van der Waals surface area contributed by atoms with Crippen molar-refractivity contribution in [1.29, 1.82) is 0 Å². The highest BCUT2D eigenvalue weighted by Gasteiger charge is 2.17. The maximum atomic E-state index is 13.2. The molecule has 0 aliphatic carbocycles. The quantitative estimate of drug-likeness (QED) is 0.357. The summed E-state index contributed by atoms with van der Waals surface area (Å²) in [6.07, 6.45) is 0. The molecule has 0 aromatic heterocycles. The highest BCUT2D eigenvalue weighted by molar-refractivity contribution is 5.73. The van der Waals surface area contributed by atoms with Crippen LogP contribution in [0.4, 0.5) is 13.2 Å². The van der Waals surface area contributed by atoms with Crippen LogP contribution >= 0.6 is 0 Å². The molecule has 0 fully saturated rings. The third kappa shape index (κ3) is 4.17. The number of rotatable bonds is 5. The van der Waals surface area contributed by atoms with Crippen molar-refractivity contribution in [3.8, 4) is 5.75 Å². The van der Waals surface area contributed by atoms with Crippen LogP contribution in [0.15, 0.2) is 36.6 Å². The number of carbonyl (C=O) groups excluding carboxylic acids is 1. The zero-order valence-corrected chi connectivity index (χ0v) is 10.1. The Morgan fingerprint density at radius 1 is 1.21 bits per heavy atom. The van der Waals surface area contributed by atoms with Gasteiger partial charge < -0.3 is 9.47 Å². The third-order valence-corrected chi connectivity index (χ3v) is 2.02. The van der Waals surface area contributed by atoms with Crippen LogP contribution in [0.1, 0.15) is 6.92 Å². The fraction of sp³-hybridized carbons (Fsp3) is 0.154. The van der Waals surface area contributed by atoms with Crippen LogP contribution in [0.2, 0.25) is 0 Å². The van der Waals surface area contributed by atoms with Crippen LogP contribution in [0.3, 0.4) is 0 Å². The molecule has 0 radical (unpaired) electrons. The lowest BCUT2D eigenvalue weighted by atomic mass is 10.3. The van der Waals surface area contributed by atoms with Gasteiger partial charge in [0.2, 0.25) is 5.75 Å². The molecule has 0 atom stereocenters. The molecule has 6 heteroatoms. The first-order chi connectivity index (χ1) is 8.81. The smallest absolute Gasteiger partial charge is 0.349 e. The molecule has 19 heavy (non-hydrogen) atoms. The topological polar surface area (TPSA) is 35.5 Å². The maximum absolute atomic E-state index is 13.2. The first kappa shape index (κ1) is 14.8. The standard InChI is InChI=1S/C13H11F3O3/c1-7(2)8(3)18-6-12(17)19-13-10(15)4-9(14)5-11(13)16/h4-5H,1,3,6H2,2H3. The molecule has 0 bridgehead atoms. The van der Waals surface area contributed by atoms with E-state index in [1.54, 1.807) is 6.92 Å². The maximum Gasteiger partial charge on any atom is 0.349 e. The number of esters is 1. The van der Waals surface area contributed by atoms with Crippen molar-refractivity contribution in [2.45, 2.75) is 6.92 Å². The molecule has 0 saturated heterocycles. The number of allylic oxidation sites excluding steroid dienone is 1. The molecule has 1 rings (SSSR count). The van der Waals surface area contributed by atoms with E-state index in [4.69, 9.17) is 4.74 Å². The van der Waals surface area contributed by atoms with Gasteiger partial charge in [0.1, 0.15) is 11.6 Å². The monoisotopic (exact) mass is 272 g/mol. The van der Waals surface area contributed by atoms with Gasteiger partial charge in [-0.15, -0.1) is 0 Å². The average Bonchev–Trinajstić information content (AvgIpc) is 2.30. The summed E-state index contributed by atoms with van der Waals surface area (Å²) in [4.78, 5) is 11.3. The molecule has 0 unspecified atom stereocenters. The summed E-state index contributed by atoms with van der Waals surface area (Å²) in [6, 6.07) is 0.804. The Hall–Kier alpha value is -2.24. The van der Waals surface area contributed by atoms with E-state index in [2.05, 4.69) is 17.9 Å². The van der Waals surface area contributed by atoms with Gasteiger partial charge in [-0.1, -0.05) is 13.2 Å². The molecule has 0 heterocycles. The molecule has 102 valence electrons. The Labute approximate surface area is 107 Å². The Balaban J connectivity index is 2.68. The van der Waals surface area contributed by atoms with E-state index in [0.29, 0.717) is 17.7 Å². The molecule has 0 saturated carbocycles. The molecule has 0 amide bonds. The lowest BCUT2D eigenvalue weighted by Crippen LogP contribution is -2.17. The lowest BCUT2D eigenvalue weighted by molar-refractivity contribution is -0.138. The fourth-order valence-corrected chi connectivity index (χ4v) is 1.04. The van der Waals surface area contributed by atoms with Crippen molar-refractivity contribution < 1.29 is 27.4 Å². The van der Waals surface area contributed by atoms with Crippen LogP contribution in [-0.2, 0) is 9.53 Å². The molecule has 0 spiro atoms. The van der Waals surface area contributed by atoms with Gasteiger partial charge >= 0.3 is 5.97 Å². The van der Waals surface area contributed by atoms with Gasteiger partial charge in [-0.05, 0) is 12.5 Å². The second-order valence-corrected chi connectivity index (χ2v) is 3.66. The van der Waals surface area contributed by atoms with E-state index in [-0.39, 0.29) is 5.76 Å². The normalized spacial score (nSPS) is 9.89. The minimum Gasteiger partial charge on any atom is -0.482 e. The summed E-state index contributed by atoms with van der Waals surface area (Å²) in [7, 11) is 0. The van der Waals surface area contributed by atoms with Crippen LogP contribution in [0.25, 0.3) is 0 Å². The lowest BCUT2D eigenvalue weighted by Gasteiger charge is -2.09. The Bertz CT molecular complexity index is 515. The van der Waals surface area contributed by atoms with E-state index in [9.17, 15) is 18.0 Å². The summed E-state index contributed by atoms with van der Waals surface area (Å²) < 4.78 is 48.2. The van der Waals surface area contributed by atoms with Gasteiger partial charge in [0.25, 0.3) is 0 Å². The Morgan fingerprint density at radius 3 is 2.21 bits per heavy atom. The average molecular weight is 272 g/mol. The highest BCUT2D eigenvalue weighted by atomic mass is 19.1. The first-order valence-electron chi connectivity index (χ1n) is 5.14. The summed E-state index contributed by atoms with van der Waals surface area (Å²) >= 11 is 0. The van der Waals surface area contributed by atoms with Crippen molar-refractivity contribution in [3.05, 3.63) is 54.1 Å². The Morgan fingerprint density at radius 2 is 1.74 bits per heavy atom. The summed E-state index contributed by atoms with van der Waals surface area (Å²) in [6.45, 7) is 7.98. The van der Waals surface area contributed by atoms with E-state index < -0.39 is 35.8 Å². The van der Waals surface area contributed by atoms with E-state index in [1.807, 2.05) is 0 Å². The summed E-state index contributed by atoms with van der Waals surface area (Å²) in [5, 5.41) is 0. The van der Waals surface area contributed by atoms with Gasteiger partial charge in [0.15, 0.2) is 18.2 Å². The van der Waals surface area contributed by atoms with Crippen LogP contribution in [-0.4, -0.2) is 12.6 Å². The van der Waals surface area contributed by atoms with Crippen molar-refractivity contribution in [1.82, 2.24) is 0 Å². The van der Waals surface area contributed by atoms with Gasteiger partial charge in [0, 0.05) is 12.1 Å². The van der Waals surface area contributed by atoms with Crippen LogP contribution in [0, 0.1) is 17.5 Å². The van der Waals surface area contributed by atoms with Crippen molar-refractivity contribution in [3.63, 3.8) is 0 Å². The number of carbonyl (C=O) groups is 1. The number of halogens is 3. The zero-order valence-electron chi connectivity index (χ0n) is 10.1. The summed E-state index contributed by atoms with van der Waals surface area (Å²) in [5.41, 5.74) is 0.493. The van der Waals surface area contributed by atoms with E-state index >= 15 is 0 Å². The number of hydrogen-bond donors (Lipinski definition) is 0. The minimum absolute atomic E-state index is 0.150. The Kier molecular flexibility index (Phi) is 4.74. The van der Waals surface area contributed by atoms with Crippen LogP contribution in [0.5, 0.6) is 5.75 Å². The summed E-state index contributed by atoms with van der Waals surface area (Å²) in [5.74, 6) is -5.62. The predicted octanol–water partition coefficient (Wildman–Crippen LogP) is 3.12. The highest BCUT2D eigenvalue weighted by Crippen LogP contribution is 2.22. The number of benzene rings is 1. The first-order valence-corrected chi connectivity index (χ1v) is 5.14. The van der Waals surface area contributed by atoms with Gasteiger partial charge in [-0.25, -0.2) is 18.0 Å². The van der Waals surface area contributed by atoms with E-state index in [1.165, 1.54) is 0 Å². The zero-order chi connectivity index (χ0) is 14.6.